The Hall–Kier alpha value is -3.12. The fourth-order valence-corrected chi connectivity index (χ4v) is 4.04. The number of aliphatic hydroxyl groups is 1. The van der Waals surface area contributed by atoms with Gasteiger partial charge in [0.1, 0.15) is 11.5 Å². The Morgan fingerprint density at radius 2 is 1.86 bits per heavy atom. The number of benzene rings is 2. The van der Waals surface area contributed by atoms with E-state index in [1.807, 2.05) is 24.3 Å². The molecule has 150 valence electrons. The second-order valence-corrected chi connectivity index (χ2v) is 7.19. The summed E-state index contributed by atoms with van der Waals surface area (Å²) in [5, 5.41) is 11.0. The highest BCUT2D eigenvalue weighted by atomic mass is 16.5. The lowest BCUT2D eigenvalue weighted by Gasteiger charge is -2.28. The van der Waals surface area contributed by atoms with Crippen molar-refractivity contribution in [3.63, 3.8) is 0 Å². The number of ether oxygens (including phenoxy) is 2. The molecule has 2 atom stereocenters. The molecule has 2 heterocycles. The molecule has 6 heteroatoms. The van der Waals surface area contributed by atoms with Crippen LogP contribution in [0.3, 0.4) is 0 Å². The van der Waals surface area contributed by atoms with Crippen molar-refractivity contribution in [2.75, 3.05) is 20.3 Å². The fourth-order valence-electron chi connectivity index (χ4n) is 4.04. The van der Waals surface area contributed by atoms with Crippen molar-refractivity contribution < 1.29 is 24.2 Å². The molecule has 0 spiro atoms. The van der Waals surface area contributed by atoms with Crippen molar-refractivity contribution in [2.45, 2.75) is 25.0 Å². The first-order valence-corrected chi connectivity index (χ1v) is 9.70. The van der Waals surface area contributed by atoms with Crippen molar-refractivity contribution in [3.8, 4) is 5.75 Å². The molecule has 4 rings (SSSR count). The molecule has 0 saturated carbocycles. The summed E-state index contributed by atoms with van der Waals surface area (Å²) in [4.78, 5) is 27.5. The number of hydrogen-bond acceptors (Lipinski definition) is 5. The number of carbonyl (C=O) groups excluding carboxylic acids is 2. The maximum atomic E-state index is 13.0. The van der Waals surface area contributed by atoms with Crippen LogP contribution in [-0.2, 0) is 14.3 Å². The number of nitrogens with zero attached hydrogens (tertiary/aromatic N) is 1. The Balaban J connectivity index is 1.86. The minimum atomic E-state index is -0.740. The summed E-state index contributed by atoms with van der Waals surface area (Å²) in [6.07, 6.45) is 1.64. The summed E-state index contributed by atoms with van der Waals surface area (Å²) in [6.45, 7) is 0.941. The highest BCUT2D eigenvalue weighted by molar-refractivity contribution is 6.46. The smallest absolute Gasteiger partial charge is 0.295 e. The molecule has 2 aliphatic heterocycles. The molecule has 29 heavy (non-hydrogen) atoms. The predicted octanol–water partition coefficient (Wildman–Crippen LogP) is 3.30. The SMILES string of the molecule is COc1ccccc1C1/C(=C(\O)c2ccccc2)C(=O)C(=O)N1CC1CCCO1. The van der Waals surface area contributed by atoms with Gasteiger partial charge in [0.2, 0.25) is 0 Å². The van der Waals surface area contributed by atoms with Gasteiger partial charge in [0.05, 0.1) is 24.8 Å². The van der Waals surface area contributed by atoms with Gasteiger partial charge in [-0.2, -0.15) is 0 Å². The van der Waals surface area contributed by atoms with Crippen molar-refractivity contribution in [3.05, 3.63) is 71.3 Å². The van der Waals surface area contributed by atoms with E-state index in [0.717, 1.165) is 12.8 Å². The van der Waals surface area contributed by atoms with E-state index in [0.29, 0.717) is 30.0 Å². The van der Waals surface area contributed by atoms with Gasteiger partial charge < -0.3 is 19.5 Å². The molecular weight excluding hydrogens is 370 g/mol. The van der Waals surface area contributed by atoms with Crippen LogP contribution in [0.5, 0.6) is 5.75 Å². The molecule has 0 bridgehead atoms. The van der Waals surface area contributed by atoms with E-state index in [-0.39, 0.29) is 17.4 Å². The first-order chi connectivity index (χ1) is 14.1. The van der Waals surface area contributed by atoms with E-state index < -0.39 is 17.7 Å². The van der Waals surface area contributed by atoms with Crippen LogP contribution in [-0.4, -0.2) is 48.1 Å². The molecule has 1 amide bonds. The number of rotatable bonds is 5. The first-order valence-electron chi connectivity index (χ1n) is 9.70. The minimum absolute atomic E-state index is 0.0729. The summed E-state index contributed by atoms with van der Waals surface area (Å²) in [6, 6.07) is 15.3. The Labute approximate surface area is 169 Å². The van der Waals surface area contributed by atoms with Crippen LogP contribution in [0.15, 0.2) is 60.2 Å². The Kier molecular flexibility index (Phi) is 5.36. The maximum Gasteiger partial charge on any atom is 0.295 e. The standard InChI is InChI=1S/C23H23NO5/c1-28-18-12-6-5-11-17(18)20-19(21(25)15-8-3-2-4-9-15)22(26)23(27)24(20)14-16-10-7-13-29-16/h2-6,8-9,11-12,16,20,25H,7,10,13-14H2,1H3/b21-19+. The Bertz CT molecular complexity index is 947. The van der Waals surface area contributed by atoms with Crippen LogP contribution in [0.2, 0.25) is 0 Å². The third-order valence-electron chi connectivity index (χ3n) is 5.45. The monoisotopic (exact) mass is 393 g/mol. The van der Waals surface area contributed by atoms with Crippen LogP contribution in [0.4, 0.5) is 0 Å². The molecular formula is C23H23NO5. The molecule has 0 aliphatic carbocycles. The van der Waals surface area contributed by atoms with Crippen LogP contribution in [0.25, 0.3) is 5.76 Å². The number of para-hydroxylation sites is 1. The molecule has 2 aliphatic rings. The molecule has 0 radical (unpaired) electrons. The molecule has 2 aromatic rings. The molecule has 1 N–H and O–H groups in total. The van der Waals surface area contributed by atoms with Gasteiger partial charge in [-0.3, -0.25) is 9.59 Å². The van der Waals surface area contributed by atoms with Gasteiger partial charge in [-0.25, -0.2) is 0 Å². The molecule has 2 saturated heterocycles. The summed E-state index contributed by atoms with van der Waals surface area (Å²) in [5.41, 5.74) is 1.22. The first kappa shape index (κ1) is 19.2. The Morgan fingerprint density at radius 1 is 1.14 bits per heavy atom. The van der Waals surface area contributed by atoms with Gasteiger partial charge in [-0.15, -0.1) is 0 Å². The molecule has 2 fully saturated rings. The third-order valence-corrected chi connectivity index (χ3v) is 5.45. The number of amides is 1. The average molecular weight is 393 g/mol. The van der Waals surface area contributed by atoms with Gasteiger partial charge in [0.15, 0.2) is 0 Å². The highest BCUT2D eigenvalue weighted by Gasteiger charge is 2.47. The topological polar surface area (TPSA) is 76.1 Å². The third kappa shape index (κ3) is 3.51. The van der Waals surface area contributed by atoms with Gasteiger partial charge in [-0.05, 0) is 18.9 Å². The highest BCUT2D eigenvalue weighted by Crippen LogP contribution is 2.43. The van der Waals surface area contributed by atoms with Crippen LogP contribution < -0.4 is 4.74 Å². The zero-order valence-electron chi connectivity index (χ0n) is 16.2. The normalized spacial score (nSPS) is 23.6. The van der Waals surface area contributed by atoms with Crippen molar-refractivity contribution in [2.24, 2.45) is 0 Å². The lowest BCUT2D eigenvalue weighted by molar-refractivity contribution is -0.140. The second-order valence-electron chi connectivity index (χ2n) is 7.19. The fraction of sp³-hybridized carbons (Fsp3) is 0.304. The van der Waals surface area contributed by atoms with E-state index in [1.54, 1.807) is 37.4 Å². The second kappa shape index (κ2) is 8.09. The lowest BCUT2D eigenvalue weighted by Crippen LogP contribution is -2.36. The van der Waals surface area contributed by atoms with E-state index >= 15 is 0 Å². The maximum absolute atomic E-state index is 13.0. The summed E-state index contributed by atoms with van der Waals surface area (Å²) in [7, 11) is 1.54. The number of carbonyl (C=O) groups is 2. The van der Waals surface area contributed by atoms with Crippen molar-refractivity contribution in [1.82, 2.24) is 4.90 Å². The average Bonchev–Trinajstić information content (AvgIpc) is 3.36. The number of methoxy groups -OCH3 is 1. The molecule has 6 nitrogen and oxygen atoms in total. The van der Waals surface area contributed by atoms with E-state index in [2.05, 4.69) is 0 Å². The number of aliphatic hydroxyl groups excluding tert-OH is 1. The van der Waals surface area contributed by atoms with E-state index in [9.17, 15) is 14.7 Å². The number of likely N-dealkylation sites (tertiary alicyclic amines) is 1. The summed E-state index contributed by atoms with van der Waals surface area (Å²) in [5.74, 6) is -0.959. The summed E-state index contributed by atoms with van der Waals surface area (Å²) >= 11 is 0. The van der Waals surface area contributed by atoms with Crippen molar-refractivity contribution >= 4 is 17.4 Å². The Morgan fingerprint density at radius 3 is 2.55 bits per heavy atom. The largest absolute Gasteiger partial charge is 0.507 e. The van der Waals surface area contributed by atoms with Crippen LogP contribution in [0, 0.1) is 0 Å². The van der Waals surface area contributed by atoms with Gasteiger partial charge >= 0.3 is 0 Å². The number of ketones is 1. The number of hydrogen-bond donors (Lipinski definition) is 1. The minimum Gasteiger partial charge on any atom is -0.507 e. The van der Waals surface area contributed by atoms with Crippen LogP contribution >= 0.6 is 0 Å². The predicted molar refractivity (Wildman–Crippen MR) is 107 cm³/mol. The van der Waals surface area contributed by atoms with Gasteiger partial charge in [-0.1, -0.05) is 48.5 Å². The zero-order valence-corrected chi connectivity index (χ0v) is 16.2. The molecule has 2 unspecified atom stereocenters. The van der Waals surface area contributed by atoms with Crippen LogP contribution in [0.1, 0.15) is 30.0 Å². The quantitative estimate of drug-likeness (QED) is 0.479. The van der Waals surface area contributed by atoms with Gasteiger partial charge in [0.25, 0.3) is 11.7 Å². The van der Waals surface area contributed by atoms with E-state index in [1.165, 1.54) is 4.90 Å². The molecule has 2 aromatic carbocycles. The van der Waals surface area contributed by atoms with Crippen molar-refractivity contribution in [1.29, 1.82) is 0 Å². The lowest BCUT2D eigenvalue weighted by atomic mass is 9.94. The zero-order chi connectivity index (χ0) is 20.4. The molecule has 0 aromatic heterocycles. The van der Waals surface area contributed by atoms with Gasteiger partial charge in [0, 0.05) is 24.3 Å². The number of Topliss-reactive ketones (excluding diaryl/α,β-unsaturated/α-hetero) is 1. The summed E-state index contributed by atoms with van der Waals surface area (Å²) < 4.78 is 11.2. The van der Waals surface area contributed by atoms with E-state index in [4.69, 9.17) is 9.47 Å².